The standard InChI is InChI=1S/C8H13ClN4O2S/c1-2-13-16(14,15)4-3-10-8-11-5-7(9)6-12-8/h5-6,13H,2-4H2,1H3,(H,10,11,12). The van der Waals surface area contributed by atoms with Crippen LogP contribution in [0.25, 0.3) is 0 Å². The van der Waals surface area contributed by atoms with Crippen LogP contribution >= 0.6 is 11.6 Å². The Bertz CT molecular complexity index is 420. The fraction of sp³-hybridized carbons (Fsp3) is 0.500. The van der Waals surface area contributed by atoms with Gasteiger partial charge < -0.3 is 5.32 Å². The fourth-order valence-corrected chi connectivity index (χ4v) is 2.05. The van der Waals surface area contributed by atoms with Crippen molar-refractivity contribution in [3.8, 4) is 0 Å². The predicted octanol–water partition coefficient (Wildman–Crippen LogP) is 0.481. The summed E-state index contributed by atoms with van der Waals surface area (Å²) in [4.78, 5) is 7.75. The van der Waals surface area contributed by atoms with E-state index in [1.54, 1.807) is 6.92 Å². The van der Waals surface area contributed by atoms with E-state index in [-0.39, 0.29) is 12.3 Å². The first kappa shape index (κ1) is 13.1. The largest absolute Gasteiger partial charge is 0.353 e. The molecule has 0 amide bonds. The zero-order valence-electron chi connectivity index (χ0n) is 8.77. The first-order valence-corrected chi connectivity index (χ1v) is 6.75. The lowest BCUT2D eigenvalue weighted by Crippen LogP contribution is -2.29. The Labute approximate surface area is 99.5 Å². The molecule has 0 spiro atoms. The number of hydrogen-bond donors (Lipinski definition) is 2. The minimum absolute atomic E-state index is 0.0210. The van der Waals surface area contributed by atoms with Crippen molar-refractivity contribution in [2.24, 2.45) is 0 Å². The second-order valence-corrected chi connectivity index (χ2v) is 5.33. The van der Waals surface area contributed by atoms with Crippen molar-refractivity contribution in [3.05, 3.63) is 17.4 Å². The summed E-state index contributed by atoms with van der Waals surface area (Å²) in [5.41, 5.74) is 0. The third-order valence-corrected chi connectivity index (χ3v) is 3.30. The van der Waals surface area contributed by atoms with Crippen LogP contribution in [-0.2, 0) is 10.0 Å². The lowest BCUT2D eigenvalue weighted by Gasteiger charge is -2.05. The lowest BCUT2D eigenvalue weighted by molar-refractivity contribution is 0.584. The summed E-state index contributed by atoms with van der Waals surface area (Å²) in [6.07, 6.45) is 2.88. The molecule has 0 aliphatic carbocycles. The first-order chi connectivity index (χ1) is 7.53. The number of nitrogens with one attached hydrogen (secondary N) is 2. The SMILES string of the molecule is CCNS(=O)(=O)CCNc1ncc(Cl)cn1. The normalized spacial score (nSPS) is 11.4. The zero-order valence-corrected chi connectivity index (χ0v) is 10.3. The summed E-state index contributed by atoms with van der Waals surface area (Å²) in [5.74, 6) is 0.336. The minimum atomic E-state index is -3.20. The molecule has 0 aromatic carbocycles. The maximum absolute atomic E-state index is 11.3. The van der Waals surface area contributed by atoms with Gasteiger partial charge in [0, 0.05) is 13.1 Å². The van der Waals surface area contributed by atoms with Crippen molar-refractivity contribution in [3.63, 3.8) is 0 Å². The second-order valence-electron chi connectivity index (χ2n) is 2.97. The Morgan fingerprint density at radius 2 is 2.00 bits per heavy atom. The van der Waals surface area contributed by atoms with Crippen molar-refractivity contribution in [2.75, 3.05) is 24.2 Å². The van der Waals surface area contributed by atoms with Crippen molar-refractivity contribution in [2.45, 2.75) is 6.92 Å². The Balaban J connectivity index is 2.39. The number of sulfonamides is 1. The molecule has 0 aliphatic rings. The maximum atomic E-state index is 11.3. The van der Waals surface area contributed by atoms with E-state index >= 15 is 0 Å². The van der Waals surface area contributed by atoms with Gasteiger partial charge in [-0.15, -0.1) is 0 Å². The van der Waals surface area contributed by atoms with Crippen LogP contribution in [0.4, 0.5) is 5.95 Å². The molecule has 0 bridgehead atoms. The van der Waals surface area contributed by atoms with Gasteiger partial charge in [-0.2, -0.15) is 0 Å². The van der Waals surface area contributed by atoms with Crippen LogP contribution in [0, 0.1) is 0 Å². The van der Waals surface area contributed by atoms with E-state index in [0.29, 0.717) is 17.5 Å². The monoisotopic (exact) mass is 264 g/mol. The van der Waals surface area contributed by atoms with Crippen LogP contribution < -0.4 is 10.0 Å². The third kappa shape index (κ3) is 4.73. The molecule has 0 saturated heterocycles. The highest BCUT2D eigenvalue weighted by Gasteiger charge is 2.07. The average Bonchev–Trinajstić information content (AvgIpc) is 2.20. The highest BCUT2D eigenvalue weighted by atomic mass is 35.5. The molecule has 1 aromatic heterocycles. The molecule has 0 aliphatic heterocycles. The minimum Gasteiger partial charge on any atom is -0.353 e. The van der Waals surface area contributed by atoms with Gasteiger partial charge in [0.1, 0.15) is 0 Å². The first-order valence-electron chi connectivity index (χ1n) is 4.72. The van der Waals surface area contributed by atoms with Crippen molar-refractivity contribution >= 4 is 27.6 Å². The Kier molecular flexibility index (Phi) is 4.91. The van der Waals surface area contributed by atoms with Crippen LogP contribution in [0.15, 0.2) is 12.4 Å². The highest BCUT2D eigenvalue weighted by Crippen LogP contribution is 2.04. The fourth-order valence-electron chi connectivity index (χ4n) is 0.993. The molecular weight excluding hydrogens is 252 g/mol. The Morgan fingerprint density at radius 3 is 2.56 bits per heavy atom. The average molecular weight is 265 g/mol. The van der Waals surface area contributed by atoms with Gasteiger partial charge in [0.15, 0.2) is 0 Å². The number of hydrogen-bond acceptors (Lipinski definition) is 5. The van der Waals surface area contributed by atoms with Crippen LogP contribution in [0.2, 0.25) is 5.02 Å². The van der Waals surface area contributed by atoms with Crippen LogP contribution in [0.3, 0.4) is 0 Å². The van der Waals surface area contributed by atoms with Crippen molar-refractivity contribution < 1.29 is 8.42 Å². The maximum Gasteiger partial charge on any atom is 0.222 e. The van der Waals surface area contributed by atoms with E-state index in [9.17, 15) is 8.42 Å². The molecule has 6 nitrogen and oxygen atoms in total. The van der Waals surface area contributed by atoms with E-state index in [2.05, 4.69) is 20.0 Å². The number of rotatable bonds is 6. The van der Waals surface area contributed by atoms with Gasteiger partial charge in [-0.05, 0) is 0 Å². The number of anilines is 1. The van der Waals surface area contributed by atoms with Crippen LogP contribution in [0.5, 0.6) is 0 Å². The zero-order chi connectivity index (χ0) is 12.0. The number of nitrogens with zero attached hydrogens (tertiary/aromatic N) is 2. The smallest absolute Gasteiger partial charge is 0.222 e. The topological polar surface area (TPSA) is 84.0 Å². The summed E-state index contributed by atoms with van der Waals surface area (Å²) in [6.45, 7) is 2.37. The van der Waals surface area contributed by atoms with Crippen molar-refractivity contribution in [1.82, 2.24) is 14.7 Å². The van der Waals surface area contributed by atoms with E-state index < -0.39 is 10.0 Å². The molecule has 0 fully saturated rings. The Hall–Kier alpha value is -0.920. The van der Waals surface area contributed by atoms with Gasteiger partial charge >= 0.3 is 0 Å². The molecule has 2 N–H and O–H groups in total. The molecule has 1 rings (SSSR count). The number of halogens is 1. The number of aromatic nitrogens is 2. The Morgan fingerprint density at radius 1 is 1.38 bits per heavy atom. The summed E-state index contributed by atoms with van der Waals surface area (Å²) >= 11 is 5.60. The van der Waals surface area contributed by atoms with E-state index in [0.717, 1.165) is 0 Å². The predicted molar refractivity (Wildman–Crippen MR) is 63.0 cm³/mol. The van der Waals surface area contributed by atoms with Gasteiger partial charge in [0.25, 0.3) is 0 Å². The molecule has 8 heteroatoms. The van der Waals surface area contributed by atoms with E-state index in [1.807, 2.05) is 0 Å². The summed E-state index contributed by atoms with van der Waals surface area (Å²) in [5, 5.41) is 3.22. The van der Waals surface area contributed by atoms with E-state index in [1.165, 1.54) is 12.4 Å². The highest BCUT2D eigenvalue weighted by molar-refractivity contribution is 7.89. The lowest BCUT2D eigenvalue weighted by atomic mass is 10.6. The summed E-state index contributed by atoms with van der Waals surface area (Å²) in [6, 6.07) is 0. The van der Waals surface area contributed by atoms with Gasteiger partial charge in [-0.25, -0.2) is 23.1 Å². The molecular formula is C8H13ClN4O2S. The van der Waals surface area contributed by atoms with Crippen LogP contribution in [0.1, 0.15) is 6.92 Å². The molecule has 1 heterocycles. The van der Waals surface area contributed by atoms with Gasteiger partial charge in [-0.1, -0.05) is 18.5 Å². The van der Waals surface area contributed by atoms with E-state index in [4.69, 9.17) is 11.6 Å². The van der Waals surface area contributed by atoms with Crippen molar-refractivity contribution in [1.29, 1.82) is 0 Å². The molecule has 90 valence electrons. The quantitative estimate of drug-likeness (QED) is 0.781. The van der Waals surface area contributed by atoms with Gasteiger partial charge in [-0.3, -0.25) is 0 Å². The molecule has 16 heavy (non-hydrogen) atoms. The molecule has 0 atom stereocenters. The molecule has 0 unspecified atom stereocenters. The van der Waals surface area contributed by atoms with Gasteiger partial charge in [0.2, 0.25) is 16.0 Å². The second kappa shape index (κ2) is 5.97. The molecule has 0 radical (unpaired) electrons. The molecule has 1 aromatic rings. The van der Waals surface area contributed by atoms with Crippen LogP contribution in [-0.4, -0.2) is 37.2 Å². The molecule has 0 saturated carbocycles. The summed E-state index contributed by atoms with van der Waals surface area (Å²) in [7, 11) is -3.20. The van der Waals surface area contributed by atoms with Gasteiger partial charge in [0.05, 0.1) is 23.2 Å². The third-order valence-electron chi connectivity index (χ3n) is 1.64. The summed E-state index contributed by atoms with van der Waals surface area (Å²) < 4.78 is 24.9.